The highest BCUT2D eigenvalue weighted by Gasteiger charge is 2.30. The summed E-state index contributed by atoms with van der Waals surface area (Å²) in [5.41, 5.74) is 0.957. The molecule has 0 spiro atoms. The second-order valence-corrected chi connectivity index (χ2v) is 3.84. The fourth-order valence-corrected chi connectivity index (χ4v) is 1.86. The average Bonchev–Trinajstić information content (AvgIpc) is 2.13. The zero-order valence-electron chi connectivity index (χ0n) is 7.70. The predicted molar refractivity (Wildman–Crippen MR) is 49.1 cm³/mol. The Labute approximate surface area is 78.0 Å². The summed E-state index contributed by atoms with van der Waals surface area (Å²) in [4.78, 5) is 13.4. The van der Waals surface area contributed by atoms with Gasteiger partial charge in [-0.25, -0.2) is 0 Å². The minimum atomic E-state index is -0.284. The Morgan fingerprint density at radius 2 is 2.23 bits per heavy atom. The number of carbonyl (C=O) groups excluding carboxylic acids is 1. The van der Waals surface area contributed by atoms with Crippen molar-refractivity contribution >= 4 is 5.91 Å². The highest BCUT2D eigenvalue weighted by Crippen LogP contribution is 2.21. The first-order valence-electron chi connectivity index (χ1n) is 4.94. The van der Waals surface area contributed by atoms with Crippen LogP contribution in [0.15, 0.2) is 11.6 Å². The van der Waals surface area contributed by atoms with E-state index < -0.39 is 0 Å². The van der Waals surface area contributed by atoms with Crippen molar-refractivity contribution in [1.82, 2.24) is 4.90 Å². The Hall–Kier alpha value is -0.830. The van der Waals surface area contributed by atoms with Crippen LogP contribution in [0.1, 0.15) is 25.7 Å². The van der Waals surface area contributed by atoms with Crippen molar-refractivity contribution in [2.45, 2.75) is 31.8 Å². The molecule has 1 N–H and O–H groups in total. The number of β-amino-alcohol motifs (C(OH)–C–C–N with tert-alkyl or cyclic N) is 1. The van der Waals surface area contributed by atoms with E-state index >= 15 is 0 Å². The Morgan fingerprint density at radius 3 is 2.77 bits per heavy atom. The number of likely N-dealkylation sites (tertiary alicyclic amines) is 1. The highest BCUT2D eigenvalue weighted by molar-refractivity contribution is 5.94. The van der Waals surface area contributed by atoms with Gasteiger partial charge in [-0.3, -0.25) is 4.79 Å². The van der Waals surface area contributed by atoms with Crippen LogP contribution in [0, 0.1) is 0 Å². The number of allylic oxidation sites excluding steroid dienone is 1. The maximum absolute atomic E-state index is 11.7. The molecule has 1 heterocycles. The van der Waals surface area contributed by atoms with Crippen molar-refractivity contribution in [2.75, 3.05) is 13.1 Å². The minimum absolute atomic E-state index is 0.144. The molecule has 0 radical (unpaired) electrons. The number of amides is 1. The smallest absolute Gasteiger partial charge is 0.249 e. The van der Waals surface area contributed by atoms with Crippen molar-refractivity contribution in [3.63, 3.8) is 0 Å². The molecule has 0 saturated carbocycles. The van der Waals surface area contributed by atoms with Crippen molar-refractivity contribution in [3.8, 4) is 0 Å². The van der Waals surface area contributed by atoms with E-state index in [9.17, 15) is 4.79 Å². The lowest BCUT2D eigenvalue weighted by Gasteiger charge is -2.36. The first kappa shape index (κ1) is 8.75. The first-order valence-corrected chi connectivity index (χ1v) is 4.94. The fraction of sp³-hybridized carbons (Fsp3) is 0.700. The maximum Gasteiger partial charge on any atom is 0.249 e. The van der Waals surface area contributed by atoms with E-state index in [1.54, 1.807) is 4.90 Å². The molecule has 1 fully saturated rings. The molecule has 0 aromatic carbocycles. The minimum Gasteiger partial charge on any atom is -0.389 e. The van der Waals surface area contributed by atoms with E-state index in [0.717, 1.165) is 24.8 Å². The van der Waals surface area contributed by atoms with Crippen molar-refractivity contribution < 1.29 is 9.90 Å². The van der Waals surface area contributed by atoms with Gasteiger partial charge in [0.2, 0.25) is 5.91 Å². The van der Waals surface area contributed by atoms with Crippen molar-refractivity contribution in [3.05, 3.63) is 11.6 Å². The van der Waals surface area contributed by atoms with Crippen LogP contribution in [0.3, 0.4) is 0 Å². The zero-order valence-corrected chi connectivity index (χ0v) is 7.70. The largest absolute Gasteiger partial charge is 0.389 e. The zero-order chi connectivity index (χ0) is 9.26. The van der Waals surface area contributed by atoms with Crippen LogP contribution in [0.4, 0.5) is 0 Å². The van der Waals surface area contributed by atoms with Gasteiger partial charge >= 0.3 is 0 Å². The van der Waals surface area contributed by atoms with E-state index in [1.165, 1.54) is 6.42 Å². The summed E-state index contributed by atoms with van der Waals surface area (Å²) in [6, 6.07) is 0. The SMILES string of the molecule is O=C(C1=CCCCC1)N1CC(O)C1. The van der Waals surface area contributed by atoms with E-state index in [1.807, 2.05) is 0 Å². The molecule has 1 aliphatic carbocycles. The topological polar surface area (TPSA) is 40.5 Å². The van der Waals surface area contributed by atoms with Crippen molar-refractivity contribution in [1.29, 1.82) is 0 Å². The van der Waals surface area contributed by atoms with E-state index in [0.29, 0.717) is 13.1 Å². The molecule has 1 aliphatic heterocycles. The molecular weight excluding hydrogens is 166 g/mol. The van der Waals surface area contributed by atoms with Crippen LogP contribution in [0.25, 0.3) is 0 Å². The van der Waals surface area contributed by atoms with Gasteiger partial charge in [-0.05, 0) is 25.7 Å². The summed E-state index contributed by atoms with van der Waals surface area (Å²) >= 11 is 0. The standard InChI is InChI=1S/C10H15NO2/c12-9-6-11(7-9)10(13)8-4-2-1-3-5-8/h4,9,12H,1-3,5-7H2. The summed E-state index contributed by atoms with van der Waals surface area (Å²) in [6.45, 7) is 1.05. The van der Waals surface area contributed by atoms with Gasteiger partial charge in [-0.1, -0.05) is 6.08 Å². The number of hydrogen-bond acceptors (Lipinski definition) is 2. The summed E-state index contributed by atoms with van der Waals surface area (Å²) in [5.74, 6) is 0.144. The first-order chi connectivity index (χ1) is 6.27. The summed E-state index contributed by atoms with van der Waals surface area (Å²) < 4.78 is 0. The lowest BCUT2D eigenvalue weighted by molar-refractivity contribution is -0.137. The number of nitrogens with zero attached hydrogens (tertiary/aromatic N) is 1. The molecule has 2 rings (SSSR count). The molecule has 13 heavy (non-hydrogen) atoms. The molecule has 0 aromatic rings. The van der Waals surface area contributed by atoms with Gasteiger partial charge in [0.25, 0.3) is 0 Å². The van der Waals surface area contributed by atoms with E-state index in [4.69, 9.17) is 5.11 Å². The molecule has 3 nitrogen and oxygen atoms in total. The third kappa shape index (κ3) is 1.75. The van der Waals surface area contributed by atoms with Gasteiger partial charge in [-0.2, -0.15) is 0 Å². The van der Waals surface area contributed by atoms with Gasteiger partial charge in [0.15, 0.2) is 0 Å². The monoisotopic (exact) mass is 181 g/mol. The Balaban J connectivity index is 1.93. The number of aliphatic hydroxyl groups is 1. The second-order valence-electron chi connectivity index (χ2n) is 3.84. The quantitative estimate of drug-likeness (QED) is 0.646. The van der Waals surface area contributed by atoms with Gasteiger partial charge in [0, 0.05) is 18.7 Å². The lowest BCUT2D eigenvalue weighted by Crippen LogP contribution is -2.53. The summed E-state index contributed by atoms with van der Waals surface area (Å²) in [7, 11) is 0. The Morgan fingerprint density at radius 1 is 1.46 bits per heavy atom. The second kappa shape index (κ2) is 3.50. The van der Waals surface area contributed by atoms with E-state index in [-0.39, 0.29) is 12.0 Å². The fourth-order valence-electron chi connectivity index (χ4n) is 1.86. The van der Waals surface area contributed by atoms with Crippen LogP contribution in [-0.4, -0.2) is 35.1 Å². The number of aliphatic hydroxyl groups excluding tert-OH is 1. The molecular formula is C10H15NO2. The molecule has 3 heteroatoms. The number of hydrogen-bond donors (Lipinski definition) is 1. The molecule has 72 valence electrons. The molecule has 2 aliphatic rings. The maximum atomic E-state index is 11.7. The van der Waals surface area contributed by atoms with Gasteiger partial charge in [0.1, 0.15) is 0 Å². The van der Waals surface area contributed by atoms with Gasteiger partial charge < -0.3 is 10.0 Å². The number of carbonyl (C=O) groups is 1. The molecule has 0 bridgehead atoms. The number of rotatable bonds is 1. The Bertz CT molecular complexity index is 241. The molecule has 0 aromatic heterocycles. The highest BCUT2D eigenvalue weighted by atomic mass is 16.3. The predicted octanol–water partition coefficient (Wildman–Crippen LogP) is 0.690. The van der Waals surface area contributed by atoms with Gasteiger partial charge in [0.05, 0.1) is 6.10 Å². The molecule has 0 unspecified atom stereocenters. The van der Waals surface area contributed by atoms with Crippen LogP contribution in [0.2, 0.25) is 0 Å². The Kier molecular flexibility index (Phi) is 2.36. The van der Waals surface area contributed by atoms with E-state index in [2.05, 4.69) is 6.08 Å². The molecule has 1 amide bonds. The molecule has 0 atom stereocenters. The molecule has 1 saturated heterocycles. The lowest BCUT2D eigenvalue weighted by atomic mass is 9.97. The van der Waals surface area contributed by atoms with Crippen LogP contribution in [0.5, 0.6) is 0 Å². The third-order valence-electron chi connectivity index (χ3n) is 2.72. The van der Waals surface area contributed by atoms with Crippen LogP contribution in [-0.2, 0) is 4.79 Å². The van der Waals surface area contributed by atoms with Crippen LogP contribution >= 0.6 is 0 Å². The summed E-state index contributed by atoms with van der Waals surface area (Å²) in [6.07, 6.45) is 6.07. The van der Waals surface area contributed by atoms with Gasteiger partial charge in [-0.15, -0.1) is 0 Å². The van der Waals surface area contributed by atoms with Crippen LogP contribution < -0.4 is 0 Å². The average molecular weight is 181 g/mol. The normalized spacial score (nSPS) is 23.8. The third-order valence-corrected chi connectivity index (χ3v) is 2.72. The summed E-state index contributed by atoms with van der Waals surface area (Å²) in [5, 5.41) is 9.05. The van der Waals surface area contributed by atoms with Crippen molar-refractivity contribution in [2.24, 2.45) is 0 Å².